The van der Waals surface area contributed by atoms with Gasteiger partial charge in [-0.15, -0.1) is 0 Å². The van der Waals surface area contributed by atoms with E-state index >= 15 is 0 Å². The summed E-state index contributed by atoms with van der Waals surface area (Å²) in [5.74, 6) is 0.269. The van der Waals surface area contributed by atoms with Crippen LogP contribution in [0, 0.1) is 25.2 Å². The summed E-state index contributed by atoms with van der Waals surface area (Å²) < 4.78 is 0. The Kier molecular flexibility index (Phi) is 9.04. The van der Waals surface area contributed by atoms with E-state index in [4.69, 9.17) is 0 Å². The van der Waals surface area contributed by atoms with Crippen LogP contribution < -0.4 is 10.2 Å². The molecule has 3 aromatic carbocycles. The predicted octanol–water partition coefficient (Wildman–Crippen LogP) is 5.56. The van der Waals surface area contributed by atoms with Crippen molar-refractivity contribution in [2.24, 2.45) is 0 Å². The minimum atomic E-state index is 0.0107. The molecule has 1 heterocycles. The van der Waals surface area contributed by atoms with Gasteiger partial charge < -0.3 is 20.2 Å². The van der Waals surface area contributed by atoms with E-state index in [-0.39, 0.29) is 11.7 Å². The number of likely N-dealkylation sites (tertiary alicyclic amines) is 1. The van der Waals surface area contributed by atoms with Gasteiger partial charge in [0.15, 0.2) is 0 Å². The third-order valence-electron chi connectivity index (χ3n) is 7.71. The summed E-state index contributed by atoms with van der Waals surface area (Å²) in [4.78, 5) is 17.7. The molecule has 1 fully saturated rings. The van der Waals surface area contributed by atoms with Crippen LogP contribution in [-0.2, 0) is 6.54 Å². The summed E-state index contributed by atoms with van der Waals surface area (Å²) in [6.45, 7) is 9.56. The molecule has 4 rings (SSSR count). The van der Waals surface area contributed by atoms with E-state index in [1.165, 1.54) is 0 Å². The number of carbonyl (C=O) groups excluding carboxylic acids is 1. The number of anilines is 1. The number of amides is 1. The second-order valence-corrected chi connectivity index (χ2v) is 10.4. The van der Waals surface area contributed by atoms with Gasteiger partial charge in [-0.25, -0.2) is 0 Å². The monoisotopic (exact) mass is 510 g/mol. The van der Waals surface area contributed by atoms with Crippen molar-refractivity contribution in [1.82, 2.24) is 10.2 Å². The summed E-state index contributed by atoms with van der Waals surface area (Å²) in [6, 6.07) is 24.1. The van der Waals surface area contributed by atoms with Crippen molar-refractivity contribution in [3.63, 3.8) is 0 Å². The summed E-state index contributed by atoms with van der Waals surface area (Å²) in [7, 11) is 0. The first-order valence-corrected chi connectivity index (χ1v) is 13.5. The molecule has 6 heteroatoms. The van der Waals surface area contributed by atoms with Crippen LogP contribution in [0.2, 0.25) is 0 Å². The third-order valence-corrected chi connectivity index (χ3v) is 7.71. The first-order valence-electron chi connectivity index (χ1n) is 13.5. The molecule has 1 aliphatic rings. The zero-order valence-corrected chi connectivity index (χ0v) is 22.7. The van der Waals surface area contributed by atoms with Gasteiger partial charge in [0.25, 0.3) is 5.91 Å². The van der Waals surface area contributed by atoms with E-state index in [1.54, 1.807) is 12.1 Å². The summed E-state index contributed by atoms with van der Waals surface area (Å²) in [5, 5.41) is 22.3. The smallest absolute Gasteiger partial charge is 0.251 e. The second kappa shape index (κ2) is 12.6. The largest absolute Gasteiger partial charge is 0.508 e. The van der Waals surface area contributed by atoms with Crippen molar-refractivity contribution < 1.29 is 9.90 Å². The van der Waals surface area contributed by atoms with Crippen LogP contribution in [-0.4, -0.2) is 47.6 Å². The predicted molar refractivity (Wildman–Crippen MR) is 152 cm³/mol. The lowest BCUT2D eigenvalue weighted by Gasteiger charge is -2.42. The van der Waals surface area contributed by atoms with Crippen LogP contribution in [0.1, 0.15) is 58.8 Å². The van der Waals surface area contributed by atoms with Crippen LogP contribution >= 0.6 is 0 Å². The Balaban J connectivity index is 1.34. The van der Waals surface area contributed by atoms with Gasteiger partial charge in [0, 0.05) is 49.5 Å². The summed E-state index contributed by atoms with van der Waals surface area (Å²) in [5.41, 5.74) is 5.65. The molecule has 0 aliphatic carbocycles. The Bertz CT molecular complexity index is 1250. The number of hydrogen-bond donors (Lipinski definition) is 2. The summed E-state index contributed by atoms with van der Waals surface area (Å²) >= 11 is 0. The Morgan fingerprint density at radius 1 is 1.08 bits per heavy atom. The van der Waals surface area contributed by atoms with E-state index < -0.39 is 0 Å². The van der Waals surface area contributed by atoms with Crippen molar-refractivity contribution in [2.45, 2.75) is 58.7 Å². The van der Waals surface area contributed by atoms with Crippen molar-refractivity contribution in [3.8, 4) is 11.8 Å². The van der Waals surface area contributed by atoms with Gasteiger partial charge in [-0.05, 0) is 93.1 Å². The fourth-order valence-corrected chi connectivity index (χ4v) is 5.49. The molecule has 1 aliphatic heterocycles. The summed E-state index contributed by atoms with van der Waals surface area (Å²) in [6.07, 6.45) is 2.96. The molecule has 1 unspecified atom stereocenters. The molecule has 0 saturated carbocycles. The zero-order chi connectivity index (χ0) is 27.1. The lowest BCUT2D eigenvalue weighted by molar-refractivity contribution is 0.0944. The molecule has 3 aromatic rings. The highest BCUT2D eigenvalue weighted by Crippen LogP contribution is 2.28. The van der Waals surface area contributed by atoms with Gasteiger partial charge in [-0.2, -0.15) is 5.26 Å². The van der Waals surface area contributed by atoms with Crippen molar-refractivity contribution in [1.29, 1.82) is 5.26 Å². The molecular formula is C32H38N4O2. The maximum absolute atomic E-state index is 12.7. The normalized spacial score (nSPS) is 15.0. The first kappa shape index (κ1) is 27.2. The Labute approximate surface area is 226 Å². The van der Waals surface area contributed by atoms with Crippen LogP contribution in [0.15, 0.2) is 66.7 Å². The topological polar surface area (TPSA) is 79.6 Å². The molecule has 198 valence electrons. The third kappa shape index (κ3) is 6.73. The standard InChI is InChI=1S/C32H38N4O2/c1-23-6-4-7-24(2)31(23)32(38)34-17-14-25(3)35-18-15-29(16-19-35)36(28-10-12-30(37)13-11-28)22-27-9-5-8-26(20-27)21-33/h4-13,20,25,29,37H,14-19,22H2,1-3H3,(H,34,38). The van der Waals surface area contributed by atoms with Crippen molar-refractivity contribution in [3.05, 3.63) is 94.5 Å². The number of nitriles is 1. The maximum atomic E-state index is 12.7. The van der Waals surface area contributed by atoms with Gasteiger partial charge in [-0.1, -0.05) is 30.3 Å². The van der Waals surface area contributed by atoms with Gasteiger partial charge >= 0.3 is 0 Å². The van der Waals surface area contributed by atoms with Crippen LogP contribution in [0.4, 0.5) is 5.69 Å². The van der Waals surface area contributed by atoms with Crippen molar-refractivity contribution in [2.75, 3.05) is 24.5 Å². The highest BCUT2D eigenvalue weighted by Gasteiger charge is 2.27. The zero-order valence-electron chi connectivity index (χ0n) is 22.7. The molecule has 1 amide bonds. The lowest BCUT2D eigenvalue weighted by Crippen LogP contribution is -2.48. The van der Waals surface area contributed by atoms with E-state index in [2.05, 4.69) is 34.2 Å². The number of nitrogens with one attached hydrogen (secondary N) is 1. The molecule has 1 saturated heterocycles. The average Bonchev–Trinajstić information content (AvgIpc) is 2.92. The SMILES string of the molecule is Cc1cccc(C)c1C(=O)NCCC(C)N1CCC(N(Cc2cccc(C#N)c2)c2ccc(O)cc2)CC1. The minimum Gasteiger partial charge on any atom is -0.508 e. The highest BCUT2D eigenvalue weighted by molar-refractivity contribution is 5.97. The molecule has 0 radical (unpaired) electrons. The van der Waals surface area contributed by atoms with E-state index in [0.29, 0.717) is 30.7 Å². The second-order valence-electron chi connectivity index (χ2n) is 10.4. The highest BCUT2D eigenvalue weighted by atomic mass is 16.3. The Morgan fingerprint density at radius 3 is 2.39 bits per heavy atom. The number of aromatic hydroxyl groups is 1. The van der Waals surface area contributed by atoms with Crippen molar-refractivity contribution >= 4 is 11.6 Å². The fourth-order valence-electron chi connectivity index (χ4n) is 5.49. The average molecular weight is 511 g/mol. The number of phenolic OH excluding ortho intramolecular Hbond substituents is 1. The molecule has 2 N–H and O–H groups in total. The number of nitrogens with zero attached hydrogens (tertiary/aromatic N) is 3. The number of phenols is 1. The lowest BCUT2D eigenvalue weighted by atomic mass is 9.99. The first-order chi connectivity index (χ1) is 18.4. The van der Waals surface area contributed by atoms with Gasteiger partial charge in [0.2, 0.25) is 0 Å². The number of rotatable bonds is 9. The van der Waals surface area contributed by atoms with Crippen LogP contribution in [0.3, 0.4) is 0 Å². The molecule has 0 bridgehead atoms. The Morgan fingerprint density at radius 2 is 1.74 bits per heavy atom. The number of carbonyl (C=O) groups is 1. The molecule has 6 nitrogen and oxygen atoms in total. The molecule has 0 aromatic heterocycles. The van der Waals surface area contributed by atoms with Gasteiger partial charge in [0.1, 0.15) is 5.75 Å². The van der Waals surface area contributed by atoms with Crippen LogP contribution in [0.25, 0.3) is 0 Å². The van der Waals surface area contributed by atoms with E-state index in [1.807, 2.05) is 62.4 Å². The van der Waals surface area contributed by atoms with E-state index in [9.17, 15) is 15.2 Å². The molecule has 1 atom stereocenters. The molecular weight excluding hydrogens is 472 g/mol. The molecule has 0 spiro atoms. The number of aryl methyl sites for hydroxylation is 2. The van der Waals surface area contributed by atoms with E-state index in [0.717, 1.165) is 60.3 Å². The Hall–Kier alpha value is -3.82. The minimum absolute atomic E-state index is 0.0107. The van der Waals surface area contributed by atoms with Gasteiger partial charge in [0.05, 0.1) is 11.6 Å². The van der Waals surface area contributed by atoms with Gasteiger partial charge in [-0.3, -0.25) is 4.79 Å². The number of piperidine rings is 1. The number of hydrogen-bond acceptors (Lipinski definition) is 5. The van der Waals surface area contributed by atoms with Crippen LogP contribution in [0.5, 0.6) is 5.75 Å². The molecule has 38 heavy (non-hydrogen) atoms. The number of benzene rings is 3. The fraction of sp³-hybridized carbons (Fsp3) is 0.375. The quantitative estimate of drug-likeness (QED) is 0.394. The maximum Gasteiger partial charge on any atom is 0.251 e.